The van der Waals surface area contributed by atoms with Gasteiger partial charge in [0.15, 0.2) is 0 Å². The molecule has 0 saturated carbocycles. The van der Waals surface area contributed by atoms with Gasteiger partial charge in [-0.3, -0.25) is 0 Å². The molecule has 0 aliphatic carbocycles. The maximum absolute atomic E-state index is 9.79. The fourth-order valence-electron chi connectivity index (χ4n) is 5.85. The van der Waals surface area contributed by atoms with Crippen molar-refractivity contribution >= 4 is 49.8 Å². The first-order valence-electron chi connectivity index (χ1n) is 31.0. The third-order valence-corrected chi connectivity index (χ3v) is 8.26. The van der Waals surface area contributed by atoms with E-state index in [1.165, 1.54) is 12.1 Å². The molecule has 0 saturated heterocycles. The summed E-state index contributed by atoms with van der Waals surface area (Å²) >= 11 is 0. The summed E-state index contributed by atoms with van der Waals surface area (Å²) in [6.45, 7) is 0. The van der Waals surface area contributed by atoms with E-state index in [2.05, 4.69) is 0 Å². The summed E-state index contributed by atoms with van der Waals surface area (Å²) in [7, 11) is 0. The van der Waals surface area contributed by atoms with Gasteiger partial charge in [0.1, 0.15) is 11.2 Å². The van der Waals surface area contributed by atoms with E-state index in [0.717, 1.165) is 0 Å². The zero-order chi connectivity index (χ0) is 62.0. The first-order chi connectivity index (χ1) is 39.3. The second-order valence-electron chi connectivity index (χ2n) is 11.4. The average molecular weight is 720 g/mol. The third kappa shape index (κ3) is 5.62. The van der Waals surface area contributed by atoms with Crippen LogP contribution in [0.5, 0.6) is 0 Å². The van der Waals surface area contributed by atoms with Crippen LogP contribution in [0.1, 0.15) is 41.1 Å². The summed E-state index contributed by atoms with van der Waals surface area (Å²) in [5.41, 5.74) is -9.44. The van der Waals surface area contributed by atoms with Crippen LogP contribution in [0.25, 0.3) is 77.2 Å². The number of nitrogens with zero attached hydrogens (tertiary/aromatic N) is 1. The number of rotatable bonds is 7. The van der Waals surface area contributed by atoms with E-state index in [4.69, 9.17) is 26.3 Å². The molecular formula is C52H35NO. The summed E-state index contributed by atoms with van der Waals surface area (Å²) < 4.78 is 277. The Labute approximate surface area is 357 Å². The van der Waals surface area contributed by atoms with Crippen LogP contribution in [0.4, 0.5) is 17.1 Å². The van der Waals surface area contributed by atoms with Crippen LogP contribution in [0, 0.1) is 0 Å². The zero-order valence-electron chi connectivity index (χ0n) is 57.2. The van der Waals surface area contributed by atoms with E-state index in [9.17, 15) is 19.2 Å². The van der Waals surface area contributed by atoms with Gasteiger partial charge >= 0.3 is 0 Å². The van der Waals surface area contributed by atoms with Crippen molar-refractivity contribution < 1.29 is 45.5 Å². The first-order valence-corrected chi connectivity index (χ1v) is 16.0. The van der Waals surface area contributed by atoms with Crippen molar-refractivity contribution in [1.82, 2.24) is 0 Å². The number of anilines is 3. The summed E-state index contributed by atoms with van der Waals surface area (Å²) in [6.07, 6.45) is 0. The molecule has 1 heterocycles. The molecular weight excluding hydrogens is 655 g/mol. The normalized spacial score (nSPS) is 19.1. The lowest BCUT2D eigenvalue weighted by atomic mass is 9.93. The molecule has 0 spiro atoms. The minimum atomic E-state index is -1.28. The van der Waals surface area contributed by atoms with E-state index in [-0.39, 0.29) is 27.3 Å². The molecule has 0 amide bonds. The molecule has 9 aromatic carbocycles. The highest BCUT2D eigenvalue weighted by molar-refractivity contribution is 6.22. The molecule has 2 nitrogen and oxygen atoms in total. The van der Waals surface area contributed by atoms with E-state index >= 15 is 0 Å². The summed E-state index contributed by atoms with van der Waals surface area (Å²) in [5.74, 6) is 0. The second kappa shape index (κ2) is 13.4. The third-order valence-electron chi connectivity index (χ3n) is 8.26. The predicted molar refractivity (Wildman–Crippen MR) is 228 cm³/mol. The standard InChI is InChI=1S/C52H35NO/c1-4-13-36(14-5-1)38-23-29-42(30-24-38)53(43-31-25-39(26-32-43)37-15-6-2-7-16-37)44-33-27-41(28-34-44)45-21-12-22-50-51(45)49-35-48(40-17-8-3-9-18-40)46-19-10-11-20-47(46)52(49)54-50/h1-35H/i1D,2D,4D,5D,6D,7D,10D,11D,12D,13D,14D,15D,16D,19D,20D,21D,22D,23D,24D,25D,26D,27D,28D,29D,30D,31D,32D,33D,34D,35D. The summed E-state index contributed by atoms with van der Waals surface area (Å²) in [6, 6.07) is -22.2. The van der Waals surface area contributed by atoms with Crippen molar-refractivity contribution in [1.29, 1.82) is 0 Å². The highest BCUT2D eigenvalue weighted by Crippen LogP contribution is 2.44. The number of fused-ring (bicyclic) bond motifs is 5. The number of furan rings is 1. The molecule has 10 aromatic rings. The maximum Gasteiger partial charge on any atom is 0.143 e. The van der Waals surface area contributed by atoms with Gasteiger partial charge in [0, 0.05) is 33.2 Å². The molecule has 0 aliphatic rings. The Balaban J connectivity index is 1.37. The van der Waals surface area contributed by atoms with Crippen LogP contribution in [0.15, 0.2) is 216 Å². The molecule has 0 radical (unpaired) electrons. The Morgan fingerprint density at radius 1 is 0.370 bits per heavy atom. The van der Waals surface area contributed by atoms with Crippen molar-refractivity contribution in [2.75, 3.05) is 4.90 Å². The molecule has 10 rings (SSSR count). The van der Waals surface area contributed by atoms with Crippen molar-refractivity contribution in [3.8, 4) is 44.5 Å². The van der Waals surface area contributed by atoms with Crippen molar-refractivity contribution in [2.45, 2.75) is 0 Å². The Morgan fingerprint density at radius 2 is 0.870 bits per heavy atom. The topological polar surface area (TPSA) is 16.4 Å². The SMILES string of the molecule is [2H]c1c([2H])c([2H])c(-c2c([2H])c([2H])c(N(c3c([2H])c([2H])c(-c4c([2H])c([2H])c([2H])c([2H])c4[2H])c([2H])c3[2H])c3c([2H])c([2H])c(-c4c([2H])c([2H])c([2H])c5oc6c7c([2H])c([2H])c([2H])c([2H])c7c(-c7ccccc7)c([2H])c6c45)c([2H])c3[2H])c([2H])c2[2H])c([2H])c1[2H]. The average Bonchev–Trinajstić information content (AvgIpc) is 1.72. The fraction of sp³-hybridized carbons (Fsp3) is 0. The lowest BCUT2D eigenvalue weighted by Gasteiger charge is -2.26. The molecule has 0 fully saturated rings. The quantitative estimate of drug-likeness (QED) is 0.163. The van der Waals surface area contributed by atoms with E-state index in [1.807, 2.05) is 0 Å². The minimum absolute atomic E-state index is 0.104. The van der Waals surface area contributed by atoms with Gasteiger partial charge < -0.3 is 9.32 Å². The second-order valence-corrected chi connectivity index (χ2v) is 11.4. The molecule has 0 bridgehead atoms. The predicted octanol–water partition coefficient (Wildman–Crippen LogP) is 14.9. The molecule has 0 unspecified atom stereocenters. The van der Waals surface area contributed by atoms with Gasteiger partial charge in [-0.15, -0.1) is 0 Å². The fourth-order valence-corrected chi connectivity index (χ4v) is 5.85. The minimum Gasteiger partial charge on any atom is -0.455 e. The van der Waals surface area contributed by atoms with Crippen LogP contribution in [0.3, 0.4) is 0 Å². The molecule has 254 valence electrons. The largest absolute Gasteiger partial charge is 0.455 e. The van der Waals surface area contributed by atoms with Crippen molar-refractivity contribution in [3.05, 3.63) is 212 Å². The molecule has 54 heavy (non-hydrogen) atoms. The molecule has 2 heteroatoms. The Bertz CT molecular complexity index is 4390. The van der Waals surface area contributed by atoms with E-state index in [0.29, 0.717) is 4.90 Å². The summed E-state index contributed by atoms with van der Waals surface area (Å²) in [4.78, 5) is 0.310. The lowest BCUT2D eigenvalue weighted by Crippen LogP contribution is -2.09. The monoisotopic (exact) mass is 719 g/mol. The Kier molecular flexibility index (Phi) is 3.32. The lowest BCUT2D eigenvalue weighted by molar-refractivity contribution is 0.673. The summed E-state index contributed by atoms with van der Waals surface area (Å²) in [5, 5.41) is -1.35. The molecule has 1 aromatic heterocycles. The van der Waals surface area contributed by atoms with Crippen LogP contribution in [0.2, 0.25) is 0 Å². The first kappa shape index (κ1) is 13.4. The van der Waals surface area contributed by atoms with Crippen LogP contribution < -0.4 is 4.90 Å². The van der Waals surface area contributed by atoms with Gasteiger partial charge in [0.05, 0.1) is 41.1 Å². The Morgan fingerprint density at radius 3 is 1.44 bits per heavy atom. The molecule has 0 aliphatic heterocycles. The van der Waals surface area contributed by atoms with Gasteiger partial charge in [-0.25, -0.2) is 0 Å². The van der Waals surface area contributed by atoms with Crippen LogP contribution >= 0.6 is 0 Å². The number of benzene rings is 9. The van der Waals surface area contributed by atoms with Crippen LogP contribution in [-0.4, -0.2) is 0 Å². The molecule has 0 N–H and O–H groups in total. The highest BCUT2D eigenvalue weighted by Gasteiger charge is 2.19. The van der Waals surface area contributed by atoms with Gasteiger partial charge in [0.2, 0.25) is 0 Å². The highest BCUT2D eigenvalue weighted by atomic mass is 16.3. The zero-order valence-corrected chi connectivity index (χ0v) is 27.2. The smallest absolute Gasteiger partial charge is 0.143 e. The van der Waals surface area contributed by atoms with E-state index < -0.39 is 248 Å². The van der Waals surface area contributed by atoms with Gasteiger partial charge in [-0.1, -0.05) is 163 Å². The van der Waals surface area contributed by atoms with Crippen LogP contribution in [-0.2, 0) is 0 Å². The van der Waals surface area contributed by atoms with Gasteiger partial charge in [-0.05, 0) is 98.2 Å². The number of hydrogen-bond acceptors (Lipinski definition) is 2. The Hall–Kier alpha value is -7.16. The van der Waals surface area contributed by atoms with Gasteiger partial charge in [-0.2, -0.15) is 0 Å². The number of hydrogen-bond donors (Lipinski definition) is 0. The van der Waals surface area contributed by atoms with Crippen molar-refractivity contribution in [3.63, 3.8) is 0 Å². The molecule has 0 atom stereocenters. The maximum atomic E-state index is 9.79. The van der Waals surface area contributed by atoms with Crippen molar-refractivity contribution in [2.24, 2.45) is 0 Å². The van der Waals surface area contributed by atoms with E-state index in [1.54, 1.807) is 18.2 Å². The van der Waals surface area contributed by atoms with Gasteiger partial charge in [0.25, 0.3) is 0 Å².